The summed E-state index contributed by atoms with van der Waals surface area (Å²) in [4.78, 5) is 72.0. The Morgan fingerprint density at radius 2 is 1.10 bits per heavy atom. The molecule has 1 aromatic heterocycles. The first-order valence-corrected chi connectivity index (χ1v) is 32.6. The molecule has 12 nitrogen and oxygen atoms in total. The van der Waals surface area contributed by atoms with Gasteiger partial charge in [-0.25, -0.2) is 4.98 Å². The molecule has 2 N–H and O–H groups in total. The predicted octanol–water partition coefficient (Wildman–Crippen LogP) is 8.96. The molecule has 8 aromatic carbocycles. The number of esters is 2. The highest BCUT2D eigenvalue weighted by molar-refractivity contribution is 8.00. The van der Waals surface area contributed by atoms with E-state index in [0.29, 0.717) is 11.3 Å². The number of hydrogen-bond donors (Lipinski definition) is 2. The molecular weight excluding hydrogens is 1260 g/mol. The van der Waals surface area contributed by atoms with Gasteiger partial charge in [0.25, 0.3) is 5.91 Å². The Labute approximate surface area is 534 Å². The van der Waals surface area contributed by atoms with Crippen molar-refractivity contribution < 1.29 is 57.5 Å². The largest absolute Gasteiger partial charge is 1.00 e. The normalized spacial score (nSPS) is 17.1. The molecule has 2 aliphatic rings. The number of rotatable bonds is 21. The van der Waals surface area contributed by atoms with E-state index in [-0.39, 0.29) is 60.2 Å². The molecule has 442 valence electrons. The van der Waals surface area contributed by atoms with E-state index in [9.17, 15) is 4.79 Å². The molecule has 2 aliphatic heterocycles. The number of carbonyl (C=O) groups is 4. The van der Waals surface area contributed by atoms with Crippen LogP contribution in [0.2, 0.25) is 0 Å². The van der Waals surface area contributed by atoms with Crippen molar-refractivity contribution >= 4 is 80.9 Å². The van der Waals surface area contributed by atoms with Gasteiger partial charge in [-0.2, -0.15) is 0 Å². The van der Waals surface area contributed by atoms with Gasteiger partial charge in [-0.1, -0.05) is 211 Å². The van der Waals surface area contributed by atoms with Crippen LogP contribution in [0.15, 0.2) is 253 Å². The van der Waals surface area contributed by atoms with Gasteiger partial charge in [-0.3, -0.25) is 19.2 Å². The number of hydrogen-bond acceptors (Lipinski definition) is 12. The number of aromatic nitrogens is 1. The van der Waals surface area contributed by atoms with Crippen molar-refractivity contribution in [1.29, 1.82) is 0 Å². The van der Waals surface area contributed by atoms with E-state index in [2.05, 4.69) is 88.6 Å². The molecule has 0 radical (unpaired) electrons. The van der Waals surface area contributed by atoms with Crippen molar-refractivity contribution in [2.75, 3.05) is 30.4 Å². The highest BCUT2D eigenvalue weighted by atomic mass is 127. The minimum atomic E-state index is -2.75. The van der Waals surface area contributed by atoms with Crippen LogP contribution in [0.4, 0.5) is 5.13 Å². The van der Waals surface area contributed by atoms with Crippen molar-refractivity contribution in [2.24, 2.45) is 16.5 Å². The first-order chi connectivity index (χ1) is 41.8. The number of amides is 2. The molecule has 3 unspecified atom stereocenters. The number of carbonyl (C=O) groups excluding carboxylic acids is 4. The van der Waals surface area contributed by atoms with Gasteiger partial charge in [0, 0.05) is 17.7 Å². The number of β-lactam (4-membered cyclic amide) rings is 1. The second-order valence-electron chi connectivity index (χ2n) is 22.7. The third-order valence-electron chi connectivity index (χ3n) is 15.6. The van der Waals surface area contributed by atoms with Gasteiger partial charge in [-0.05, 0) is 91.9 Å². The maximum Gasteiger partial charge on any atom is 0.319 e. The van der Waals surface area contributed by atoms with E-state index in [1.165, 1.54) is 23.1 Å². The van der Waals surface area contributed by atoms with E-state index >= 15 is 14.4 Å². The summed E-state index contributed by atoms with van der Waals surface area (Å²) < 4.78 is 12.6. The number of halogens is 1. The molecule has 0 spiro atoms. The van der Waals surface area contributed by atoms with Crippen molar-refractivity contribution in [3.63, 3.8) is 0 Å². The monoisotopic (exact) mass is 1320 g/mol. The molecule has 16 heteroatoms. The van der Waals surface area contributed by atoms with E-state index in [1.54, 1.807) is 38.0 Å². The number of nitrogens with one attached hydrogen (secondary N) is 2. The lowest BCUT2D eigenvalue weighted by Gasteiger charge is -2.54. The summed E-state index contributed by atoms with van der Waals surface area (Å²) in [6.45, 7) is 6.85. The van der Waals surface area contributed by atoms with Crippen LogP contribution in [0.3, 0.4) is 0 Å². The molecule has 0 bridgehead atoms. The van der Waals surface area contributed by atoms with Crippen LogP contribution in [0.25, 0.3) is 0 Å². The molecule has 2 fully saturated rings. The summed E-state index contributed by atoms with van der Waals surface area (Å²) in [5.74, 6) is -2.47. The Kier molecular flexibility index (Phi) is 19.6. The number of benzene rings is 8. The summed E-state index contributed by atoms with van der Waals surface area (Å²) in [5.41, 5.74) is 1.53. The first-order valence-electron chi connectivity index (χ1n) is 28.7. The maximum absolute atomic E-state index is 16.0. The fraction of sp³-hybridized carbons (Fsp3) is 0.211. The predicted molar refractivity (Wildman–Crippen MR) is 346 cm³/mol. The topological polar surface area (TPSA) is 149 Å². The fourth-order valence-electron chi connectivity index (χ4n) is 11.4. The molecule has 2 amide bonds. The molecule has 2 saturated heterocycles. The first kappa shape index (κ1) is 62.1. The Bertz CT molecular complexity index is 3560. The third-order valence-corrected chi connectivity index (χ3v) is 22.6. The zero-order valence-electron chi connectivity index (χ0n) is 48.7. The molecule has 0 saturated carbocycles. The van der Waals surface area contributed by atoms with Crippen LogP contribution in [0, 0.1) is 11.3 Å². The van der Waals surface area contributed by atoms with E-state index < -0.39 is 65.1 Å². The fourth-order valence-corrected chi connectivity index (χ4v) is 18.6. The third kappa shape index (κ3) is 13.3. The van der Waals surface area contributed by atoms with Gasteiger partial charge in [0.05, 0.1) is 12.1 Å². The Morgan fingerprint density at radius 1 is 0.667 bits per heavy atom. The average Bonchev–Trinajstić information content (AvgIpc) is 0.889. The standard InChI is InChI=1S/C71H66N5O7PS2.HI/c1-50(66(79)83-69(2,3)4)45-81-75-60(59-46-85-68(72-59)74-71(53-33-17-7-18-34-53,54-35-19-8-20-36-54)55-37-21-9-22-38-55)63(77)73-61-64(78)76-47-70(49-86-65(61)76,67(80)82-62(51-29-13-5-14-30-51)52-31-15-6-16-32-52)48-84(56-39-23-10-24-40-56,57-41-25-11-26-42-57)58-43-27-12-28-44-58;/h5-44,46,50,61-62,65H,45,47-49H2,1-4H3,(H-,72,73,74,77);1H/t50?,61?,65-,70?;/m1./s1. The molecule has 9 aromatic rings. The molecule has 87 heavy (non-hydrogen) atoms. The van der Waals surface area contributed by atoms with Crippen molar-refractivity contribution in [3.05, 3.63) is 282 Å². The van der Waals surface area contributed by atoms with Gasteiger partial charge in [0.15, 0.2) is 16.9 Å². The van der Waals surface area contributed by atoms with Gasteiger partial charge in [-0.15, -0.1) is 23.1 Å². The van der Waals surface area contributed by atoms with Crippen LogP contribution in [0.1, 0.15) is 67.3 Å². The Morgan fingerprint density at radius 3 is 1.55 bits per heavy atom. The number of thioether (sulfide) groups is 1. The number of oxime groups is 1. The number of thiazole rings is 1. The number of fused-ring (bicyclic) bond motifs is 1. The van der Waals surface area contributed by atoms with Gasteiger partial charge in [0.1, 0.15) is 63.4 Å². The quantitative estimate of drug-likeness (QED) is 0.0136. The lowest BCUT2D eigenvalue weighted by atomic mass is 9.77. The van der Waals surface area contributed by atoms with Crippen molar-refractivity contribution in [2.45, 2.75) is 56.4 Å². The molecule has 11 rings (SSSR count). The van der Waals surface area contributed by atoms with Crippen molar-refractivity contribution in [3.8, 4) is 0 Å². The molecule has 4 atom stereocenters. The Hall–Kier alpha value is -7.95. The summed E-state index contributed by atoms with van der Waals surface area (Å²) in [7, 11) is -2.75. The van der Waals surface area contributed by atoms with Gasteiger partial charge in [0.2, 0.25) is 5.91 Å². The lowest BCUT2D eigenvalue weighted by Crippen LogP contribution is -3.00. The van der Waals surface area contributed by atoms with Crippen molar-refractivity contribution in [1.82, 2.24) is 15.2 Å². The van der Waals surface area contributed by atoms with Crippen LogP contribution < -0.4 is 50.5 Å². The summed E-state index contributed by atoms with van der Waals surface area (Å²) in [5, 5.41) is 16.1. The maximum atomic E-state index is 16.0. The minimum Gasteiger partial charge on any atom is -1.00 e. The molecular formula is C71H67IN5O7PS2. The number of ether oxygens (including phenoxy) is 2. The second kappa shape index (κ2) is 27.4. The zero-order chi connectivity index (χ0) is 59.7. The zero-order valence-corrected chi connectivity index (χ0v) is 53.3. The van der Waals surface area contributed by atoms with Crippen LogP contribution in [-0.4, -0.2) is 81.4 Å². The van der Waals surface area contributed by atoms with E-state index in [1.807, 2.05) is 170 Å². The molecule has 0 aliphatic carbocycles. The summed E-state index contributed by atoms with van der Waals surface area (Å²) >= 11 is 2.73. The molecule has 3 heterocycles. The van der Waals surface area contributed by atoms with E-state index in [4.69, 9.17) is 19.3 Å². The number of anilines is 1. The van der Waals surface area contributed by atoms with E-state index in [0.717, 1.165) is 43.7 Å². The smallest absolute Gasteiger partial charge is 0.319 e. The number of nitrogens with zero attached hydrogens (tertiary/aromatic N) is 3. The van der Waals surface area contributed by atoms with Crippen LogP contribution in [-0.2, 0) is 39.0 Å². The van der Waals surface area contributed by atoms with Gasteiger partial charge >= 0.3 is 11.9 Å². The minimum absolute atomic E-state index is 0. The van der Waals surface area contributed by atoms with Gasteiger partial charge < -0.3 is 53.8 Å². The van der Waals surface area contributed by atoms with Crippen LogP contribution in [0.5, 0.6) is 0 Å². The summed E-state index contributed by atoms with van der Waals surface area (Å²) in [6, 6.07) is 79.9. The lowest BCUT2D eigenvalue weighted by molar-refractivity contribution is -0.164. The second-order valence-corrected chi connectivity index (χ2v) is 28.1. The average molecular weight is 1320 g/mol. The Balaban J connectivity index is 0.00000838. The SMILES string of the molecule is CC(CON=C(C(=O)NC1C(=O)N2CC(C[P+](c3ccccc3)(c3ccccc3)c3ccccc3)(C(=O)OC(c3ccccc3)c3ccccc3)CS[C@H]12)c1csc(NC(c2ccccc2)(c2ccccc2)c2ccccc2)n1)C(=O)OC(C)(C)C.[I-]. The summed E-state index contributed by atoms with van der Waals surface area (Å²) in [6.07, 6.45) is -0.411. The highest BCUT2D eigenvalue weighted by Gasteiger charge is 2.63. The van der Waals surface area contributed by atoms with Crippen LogP contribution >= 0.6 is 30.4 Å². The highest BCUT2D eigenvalue weighted by Crippen LogP contribution is 2.61.